The highest BCUT2D eigenvalue weighted by atomic mass is 79.9. The van der Waals surface area contributed by atoms with Crippen LogP contribution in [0.3, 0.4) is 0 Å². The van der Waals surface area contributed by atoms with Crippen molar-refractivity contribution in [2.75, 3.05) is 0 Å². The predicted molar refractivity (Wildman–Crippen MR) is 82.0 cm³/mol. The van der Waals surface area contributed by atoms with Gasteiger partial charge in [0, 0.05) is 23.4 Å². The minimum absolute atomic E-state index is 0.129. The second-order valence-corrected chi connectivity index (χ2v) is 5.47. The highest BCUT2D eigenvalue weighted by Crippen LogP contribution is 2.15. The lowest BCUT2D eigenvalue weighted by molar-refractivity contribution is 0.0940. The molecule has 6 nitrogen and oxygen atoms in total. The molecule has 3 rings (SSSR count). The third kappa shape index (κ3) is 2.69. The van der Waals surface area contributed by atoms with Gasteiger partial charge in [0.25, 0.3) is 5.91 Å². The number of fused-ring (bicyclic) bond motifs is 1. The molecule has 108 valence electrons. The molecule has 0 bridgehead atoms. The molecule has 0 saturated heterocycles. The summed E-state index contributed by atoms with van der Waals surface area (Å²) < 4.78 is 4.64. The average Bonchev–Trinajstić information content (AvgIpc) is 3.08. The van der Waals surface area contributed by atoms with Crippen LogP contribution >= 0.6 is 15.9 Å². The van der Waals surface area contributed by atoms with Gasteiger partial charge < -0.3 is 9.88 Å². The largest absolute Gasteiger partial charge is 0.343 e. The molecular formula is C14H14BrN5O. The summed E-state index contributed by atoms with van der Waals surface area (Å²) in [6.45, 7) is 3.06. The van der Waals surface area contributed by atoms with Crippen LogP contribution in [0.4, 0.5) is 0 Å². The number of carbonyl (C=O) groups is 1. The summed E-state index contributed by atoms with van der Waals surface area (Å²) in [7, 11) is 0. The van der Waals surface area contributed by atoms with E-state index in [1.54, 1.807) is 6.07 Å². The summed E-state index contributed by atoms with van der Waals surface area (Å²) in [5, 5.41) is 11.0. The van der Waals surface area contributed by atoms with E-state index in [4.69, 9.17) is 0 Å². The number of carbonyl (C=O) groups excluding carboxylic acids is 1. The van der Waals surface area contributed by atoms with E-state index in [2.05, 4.69) is 31.4 Å². The van der Waals surface area contributed by atoms with E-state index in [-0.39, 0.29) is 5.91 Å². The van der Waals surface area contributed by atoms with Crippen molar-refractivity contribution < 1.29 is 4.79 Å². The summed E-state index contributed by atoms with van der Waals surface area (Å²) in [6, 6.07) is 7.48. The Labute approximate surface area is 129 Å². The number of nitrogens with one attached hydrogen (secondary N) is 1. The monoisotopic (exact) mass is 347 g/mol. The minimum atomic E-state index is -0.129. The van der Waals surface area contributed by atoms with E-state index in [1.165, 1.54) is 0 Å². The van der Waals surface area contributed by atoms with E-state index >= 15 is 0 Å². The first-order valence-electron chi connectivity index (χ1n) is 6.61. The van der Waals surface area contributed by atoms with E-state index in [0.29, 0.717) is 18.1 Å². The summed E-state index contributed by atoms with van der Waals surface area (Å²) in [4.78, 5) is 12.3. The molecule has 3 aromatic rings. The topological polar surface area (TPSA) is 64.2 Å². The molecule has 0 aliphatic rings. The van der Waals surface area contributed by atoms with Gasteiger partial charge in [0.15, 0.2) is 11.5 Å². The molecule has 0 saturated carbocycles. The number of rotatable bonds is 4. The van der Waals surface area contributed by atoms with Crippen LogP contribution in [-0.4, -0.2) is 25.1 Å². The molecule has 0 aliphatic heterocycles. The van der Waals surface area contributed by atoms with Gasteiger partial charge in [0.05, 0.1) is 6.54 Å². The summed E-state index contributed by atoms with van der Waals surface area (Å²) in [5.41, 5.74) is 1.39. The highest BCUT2D eigenvalue weighted by Gasteiger charge is 2.13. The number of aryl methyl sites for hydroxylation is 1. The molecule has 0 atom stereocenters. The van der Waals surface area contributed by atoms with Crippen LogP contribution in [0.25, 0.3) is 5.65 Å². The molecule has 0 fully saturated rings. The molecule has 1 N–H and O–H groups in total. The molecule has 0 aromatic carbocycles. The number of halogens is 1. The smallest absolute Gasteiger partial charge is 0.268 e. The third-order valence-corrected chi connectivity index (χ3v) is 3.66. The van der Waals surface area contributed by atoms with Gasteiger partial charge in [-0.15, -0.1) is 10.2 Å². The Morgan fingerprint density at radius 1 is 1.38 bits per heavy atom. The molecule has 0 unspecified atom stereocenters. The van der Waals surface area contributed by atoms with Crippen LogP contribution in [0.2, 0.25) is 0 Å². The van der Waals surface area contributed by atoms with Crippen LogP contribution in [0, 0.1) is 0 Å². The number of hydrogen-bond donors (Lipinski definition) is 1. The van der Waals surface area contributed by atoms with Crippen LogP contribution in [0.15, 0.2) is 41.1 Å². The summed E-state index contributed by atoms with van der Waals surface area (Å²) in [5.74, 6) is 0.572. The van der Waals surface area contributed by atoms with Crippen molar-refractivity contribution in [3.05, 3.63) is 52.7 Å². The fraction of sp³-hybridized carbons (Fsp3) is 0.214. The van der Waals surface area contributed by atoms with E-state index in [1.807, 2.05) is 46.5 Å². The van der Waals surface area contributed by atoms with Gasteiger partial charge in [-0.05, 0) is 41.1 Å². The standard InChI is InChI=1S/C14H14BrN5O/c1-2-19-9-10(15)7-11(19)14(21)16-8-13-18-17-12-5-3-4-6-20(12)13/h3-7,9H,2,8H2,1H3,(H,16,21). The van der Waals surface area contributed by atoms with Crippen molar-refractivity contribution in [3.8, 4) is 0 Å². The van der Waals surface area contributed by atoms with Crippen molar-refractivity contribution >= 4 is 27.5 Å². The fourth-order valence-electron chi connectivity index (χ4n) is 2.19. The SMILES string of the molecule is CCn1cc(Br)cc1C(=O)NCc1nnc2ccccn12. The average molecular weight is 348 g/mol. The maximum Gasteiger partial charge on any atom is 0.268 e. The van der Waals surface area contributed by atoms with Gasteiger partial charge in [-0.3, -0.25) is 9.20 Å². The van der Waals surface area contributed by atoms with Crippen LogP contribution < -0.4 is 5.32 Å². The van der Waals surface area contributed by atoms with Crippen molar-refractivity contribution in [1.29, 1.82) is 0 Å². The lowest BCUT2D eigenvalue weighted by Gasteiger charge is -2.06. The molecule has 1 amide bonds. The first-order valence-corrected chi connectivity index (χ1v) is 7.41. The zero-order valence-electron chi connectivity index (χ0n) is 11.5. The molecule has 7 heteroatoms. The molecular weight excluding hydrogens is 334 g/mol. The first kappa shape index (κ1) is 13.8. The predicted octanol–water partition coefficient (Wildman–Crippen LogP) is 2.24. The van der Waals surface area contributed by atoms with Gasteiger partial charge in [-0.1, -0.05) is 6.07 Å². The third-order valence-electron chi connectivity index (χ3n) is 3.23. The second-order valence-electron chi connectivity index (χ2n) is 4.56. The Morgan fingerprint density at radius 2 is 2.24 bits per heavy atom. The normalized spacial score (nSPS) is 11.0. The molecule has 21 heavy (non-hydrogen) atoms. The van der Waals surface area contributed by atoms with Gasteiger partial charge in [0.1, 0.15) is 5.69 Å². The Morgan fingerprint density at radius 3 is 3.05 bits per heavy atom. The van der Waals surface area contributed by atoms with E-state index in [0.717, 1.165) is 16.7 Å². The van der Waals surface area contributed by atoms with E-state index in [9.17, 15) is 4.79 Å². The maximum absolute atomic E-state index is 12.3. The number of amides is 1. The lowest BCUT2D eigenvalue weighted by Crippen LogP contribution is -2.26. The van der Waals surface area contributed by atoms with Crippen molar-refractivity contribution in [1.82, 2.24) is 24.5 Å². The molecule has 0 aliphatic carbocycles. The Bertz CT molecular complexity index is 792. The summed E-state index contributed by atoms with van der Waals surface area (Å²) >= 11 is 3.39. The van der Waals surface area contributed by atoms with Gasteiger partial charge in [0.2, 0.25) is 0 Å². The van der Waals surface area contributed by atoms with E-state index < -0.39 is 0 Å². The number of hydrogen-bond acceptors (Lipinski definition) is 3. The molecule has 0 radical (unpaired) electrons. The maximum atomic E-state index is 12.3. The Kier molecular flexibility index (Phi) is 3.74. The van der Waals surface area contributed by atoms with Gasteiger partial charge in [-0.2, -0.15) is 0 Å². The fourth-order valence-corrected chi connectivity index (χ4v) is 2.65. The van der Waals surface area contributed by atoms with Crippen molar-refractivity contribution in [2.24, 2.45) is 0 Å². The second kappa shape index (κ2) is 5.69. The molecule has 3 aromatic heterocycles. The van der Waals surface area contributed by atoms with Gasteiger partial charge >= 0.3 is 0 Å². The Hall–Kier alpha value is -2.15. The first-order chi connectivity index (χ1) is 10.2. The molecule has 3 heterocycles. The lowest BCUT2D eigenvalue weighted by atomic mass is 10.4. The van der Waals surface area contributed by atoms with Crippen molar-refractivity contribution in [3.63, 3.8) is 0 Å². The van der Waals surface area contributed by atoms with Gasteiger partial charge in [-0.25, -0.2) is 0 Å². The summed E-state index contributed by atoms with van der Waals surface area (Å²) in [6.07, 6.45) is 3.77. The minimum Gasteiger partial charge on any atom is -0.343 e. The number of aromatic nitrogens is 4. The van der Waals surface area contributed by atoms with Crippen LogP contribution in [0.1, 0.15) is 23.2 Å². The zero-order valence-corrected chi connectivity index (χ0v) is 13.0. The van der Waals surface area contributed by atoms with Crippen LogP contribution in [0.5, 0.6) is 0 Å². The Balaban J connectivity index is 1.76. The molecule has 0 spiro atoms. The van der Waals surface area contributed by atoms with Crippen LogP contribution in [-0.2, 0) is 13.1 Å². The zero-order chi connectivity index (χ0) is 14.8. The number of pyridine rings is 1. The van der Waals surface area contributed by atoms with Crippen molar-refractivity contribution in [2.45, 2.75) is 20.0 Å². The highest BCUT2D eigenvalue weighted by molar-refractivity contribution is 9.10. The number of nitrogens with zero attached hydrogens (tertiary/aromatic N) is 4. The quantitative estimate of drug-likeness (QED) is 0.787.